The summed E-state index contributed by atoms with van der Waals surface area (Å²) in [6.45, 7) is 3.66. The molecule has 0 bridgehead atoms. The second-order valence-corrected chi connectivity index (χ2v) is 3.68. The summed E-state index contributed by atoms with van der Waals surface area (Å²) in [4.78, 5) is 0. The van der Waals surface area contributed by atoms with Crippen LogP contribution in [0.5, 0.6) is 0 Å². The molecule has 0 aromatic rings. The Labute approximate surface area is 85.9 Å². The van der Waals surface area contributed by atoms with Crippen molar-refractivity contribution in [3.8, 4) is 6.07 Å². The van der Waals surface area contributed by atoms with E-state index >= 15 is 0 Å². The van der Waals surface area contributed by atoms with E-state index < -0.39 is 5.60 Å². The number of aliphatic hydroxyl groups is 1. The molecule has 14 heavy (non-hydrogen) atoms. The standard InChI is InChI=1S/C10H20N2O2/c1-10(13,5-8-14-2)9-12-7-4-3-6-11/h12-13H,3-5,7-9H2,1-2H3. The van der Waals surface area contributed by atoms with Gasteiger partial charge in [-0.05, 0) is 19.9 Å². The van der Waals surface area contributed by atoms with Crippen molar-refractivity contribution in [3.05, 3.63) is 0 Å². The fraction of sp³-hybridized carbons (Fsp3) is 0.900. The highest BCUT2D eigenvalue weighted by atomic mass is 16.5. The quantitative estimate of drug-likeness (QED) is 0.565. The number of unbranched alkanes of at least 4 members (excludes halogenated alkanes) is 1. The van der Waals surface area contributed by atoms with Crippen LogP contribution in [0.4, 0.5) is 0 Å². The maximum atomic E-state index is 9.79. The largest absolute Gasteiger partial charge is 0.389 e. The summed E-state index contributed by atoms with van der Waals surface area (Å²) in [5, 5.41) is 21.2. The maximum Gasteiger partial charge on any atom is 0.0765 e. The van der Waals surface area contributed by atoms with Crippen molar-refractivity contribution in [1.82, 2.24) is 5.32 Å². The van der Waals surface area contributed by atoms with Crippen molar-refractivity contribution in [3.63, 3.8) is 0 Å². The molecule has 0 saturated carbocycles. The fourth-order valence-electron chi connectivity index (χ4n) is 1.06. The molecule has 0 fully saturated rings. The molecule has 0 aliphatic heterocycles. The molecule has 4 nitrogen and oxygen atoms in total. The fourth-order valence-corrected chi connectivity index (χ4v) is 1.06. The van der Waals surface area contributed by atoms with Crippen LogP contribution in [0.25, 0.3) is 0 Å². The highest BCUT2D eigenvalue weighted by Gasteiger charge is 2.18. The van der Waals surface area contributed by atoms with Gasteiger partial charge >= 0.3 is 0 Å². The molecular weight excluding hydrogens is 180 g/mol. The smallest absolute Gasteiger partial charge is 0.0765 e. The van der Waals surface area contributed by atoms with Gasteiger partial charge in [0.25, 0.3) is 0 Å². The van der Waals surface area contributed by atoms with Crippen LogP contribution in [-0.4, -0.2) is 37.5 Å². The van der Waals surface area contributed by atoms with E-state index in [0.29, 0.717) is 26.0 Å². The third-order valence-electron chi connectivity index (χ3n) is 1.99. The van der Waals surface area contributed by atoms with Crippen LogP contribution in [0.1, 0.15) is 26.2 Å². The predicted molar refractivity (Wildman–Crippen MR) is 54.8 cm³/mol. The van der Waals surface area contributed by atoms with E-state index in [1.165, 1.54) is 0 Å². The normalized spacial score (nSPS) is 14.7. The number of nitriles is 1. The summed E-state index contributed by atoms with van der Waals surface area (Å²) >= 11 is 0. The second kappa shape index (κ2) is 7.74. The van der Waals surface area contributed by atoms with Crippen molar-refractivity contribution >= 4 is 0 Å². The summed E-state index contributed by atoms with van der Waals surface area (Å²) < 4.78 is 4.89. The molecule has 0 aliphatic carbocycles. The molecule has 82 valence electrons. The molecule has 0 amide bonds. The molecule has 0 aromatic carbocycles. The molecular formula is C10H20N2O2. The number of nitrogens with one attached hydrogen (secondary N) is 1. The Balaban J connectivity index is 3.41. The Kier molecular flexibility index (Phi) is 7.40. The van der Waals surface area contributed by atoms with Crippen LogP contribution in [0, 0.1) is 11.3 Å². The van der Waals surface area contributed by atoms with Gasteiger partial charge in [0.05, 0.1) is 11.7 Å². The summed E-state index contributed by atoms with van der Waals surface area (Å²) in [6, 6.07) is 2.08. The Morgan fingerprint density at radius 1 is 1.57 bits per heavy atom. The van der Waals surface area contributed by atoms with Gasteiger partial charge in [0, 0.05) is 33.1 Å². The molecule has 4 heteroatoms. The van der Waals surface area contributed by atoms with E-state index in [0.717, 1.165) is 13.0 Å². The first-order valence-corrected chi connectivity index (χ1v) is 4.91. The number of nitrogens with zero attached hydrogens (tertiary/aromatic N) is 1. The van der Waals surface area contributed by atoms with Gasteiger partial charge in [0.1, 0.15) is 0 Å². The first kappa shape index (κ1) is 13.4. The van der Waals surface area contributed by atoms with Crippen LogP contribution >= 0.6 is 0 Å². The number of hydrogen-bond donors (Lipinski definition) is 2. The van der Waals surface area contributed by atoms with Gasteiger partial charge in [-0.15, -0.1) is 0 Å². The zero-order valence-corrected chi connectivity index (χ0v) is 9.05. The number of ether oxygens (including phenoxy) is 1. The van der Waals surface area contributed by atoms with Crippen LogP contribution in [-0.2, 0) is 4.74 Å². The summed E-state index contributed by atoms with van der Waals surface area (Å²) in [5.74, 6) is 0. The third kappa shape index (κ3) is 7.99. The van der Waals surface area contributed by atoms with Gasteiger partial charge in [-0.3, -0.25) is 0 Å². The highest BCUT2D eigenvalue weighted by molar-refractivity contribution is 4.76. The molecule has 0 heterocycles. The van der Waals surface area contributed by atoms with E-state index in [1.54, 1.807) is 14.0 Å². The SMILES string of the molecule is COCCC(C)(O)CNCCCC#N. The van der Waals surface area contributed by atoms with Gasteiger partial charge in [0.2, 0.25) is 0 Å². The molecule has 0 aromatic heterocycles. The van der Waals surface area contributed by atoms with Crippen molar-refractivity contribution < 1.29 is 9.84 Å². The average Bonchev–Trinajstić information content (AvgIpc) is 2.15. The van der Waals surface area contributed by atoms with Crippen molar-refractivity contribution in [2.75, 3.05) is 26.8 Å². The van der Waals surface area contributed by atoms with Crippen molar-refractivity contribution in [2.45, 2.75) is 31.8 Å². The Bertz CT molecular complexity index is 175. The zero-order chi connectivity index (χ0) is 10.9. The van der Waals surface area contributed by atoms with E-state index in [2.05, 4.69) is 11.4 Å². The van der Waals surface area contributed by atoms with Gasteiger partial charge in [-0.25, -0.2) is 0 Å². The molecule has 1 unspecified atom stereocenters. The Hall–Kier alpha value is -0.630. The minimum absolute atomic E-state index is 0.543. The van der Waals surface area contributed by atoms with Crippen LogP contribution in [0.2, 0.25) is 0 Å². The molecule has 0 rings (SSSR count). The minimum Gasteiger partial charge on any atom is -0.389 e. The second-order valence-electron chi connectivity index (χ2n) is 3.68. The monoisotopic (exact) mass is 200 g/mol. The van der Waals surface area contributed by atoms with Crippen LogP contribution in [0.15, 0.2) is 0 Å². The molecule has 1 atom stereocenters. The van der Waals surface area contributed by atoms with Crippen LogP contribution < -0.4 is 5.32 Å². The third-order valence-corrected chi connectivity index (χ3v) is 1.99. The minimum atomic E-state index is -0.720. The van der Waals surface area contributed by atoms with E-state index in [-0.39, 0.29) is 0 Å². The van der Waals surface area contributed by atoms with E-state index in [4.69, 9.17) is 10.00 Å². The highest BCUT2D eigenvalue weighted by Crippen LogP contribution is 2.07. The predicted octanol–water partition coefficient (Wildman–Crippen LogP) is 0.667. The Morgan fingerprint density at radius 2 is 2.29 bits per heavy atom. The summed E-state index contributed by atoms with van der Waals surface area (Å²) in [5.41, 5.74) is -0.720. The lowest BCUT2D eigenvalue weighted by Crippen LogP contribution is -2.39. The molecule has 0 saturated heterocycles. The summed E-state index contributed by atoms with van der Waals surface area (Å²) in [6.07, 6.45) is 2.01. The first-order valence-electron chi connectivity index (χ1n) is 4.91. The number of methoxy groups -OCH3 is 1. The van der Waals surface area contributed by atoms with Crippen molar-refractivity contribution in [2.24, 2.45) is 0 Å². The number of hydrogen-bond acceptors (Lipinski definition) is 4. The topological polar surface area (TPSA) is 65.3 Å². The molecule has 0 radical (unpaired) electrons. The number of rotatable bonds is 8. The van der Waals surface area contributed by atoms with Crippen LogP contribution in [0.3, 0.4) is 0 Å². The van der Waals surface area contributed by atoms with Crippen molar-refractivity contribution in [1.29, 1.82) is 5.26 Å². The average molecular weight is 200 g/mol. The zero-order valence-electron chi connectivity index (χ0n) is 9.05. The van der Waals surface area contributed by atoms with Gasteiger partial charge in [-0.1, -0.05) is 0 Å². The lowest BCUT2D eigenvalue weighted by atomic mass is 10.0. The van der Waals surface area contributed by atoms with Gasteiger partial charge in [0.15, 0.2) is 0 Å². The molecule has 2 N–H and O–H groups in total. The first-order chi connectivity index (χ1) is 6.62. The maximum absolute atomic E-state index is 9.79. The van der Waals surface area contributed by atoms with E-state index in [9.17, 15) is 5.11 Å². The lowest BCUT2D eigenvalue weighted by Gasteiger charge is -2.23. The lowest BCUT2D eigenvalue weighted by molar-refractivity contribution is 0.0251. The van der Waals surface area contributed by atoms with Gasteiger partial charge in [-0.2, -0.15) is 5.26 Å². The van der Waals surface area contributed by atoms with Gasteiger partial charge < -0.3 is 15.2 Å². The summed E-state index contributed by atoms with van der Waals surface area (Å²) in [7, 11) is 1.62. The Morgan fingerprint density at radius 3 is 2.86 bits per heavy atom. The van der Waals surface area contributed by atoms with E-state index in [1.807, 2.05) is 0 Å². The molecule has 0 spiro atoms. The molecule has 0 aliphatic rings.